The highest BCUT2D eigenvalue weighted by Gasteiger charge is 2.28. The quantitative estimate of drug-likeness (QED) is 0.102. The van der Waals surface area contributed by atoms with Crippen LogP contribution in [0.2, 0.25) is 0 Å². The van der Waals surface area contributed by atoms with Crippen molar-refractivity contribution in [1.82, 2.24) is 0 Å². The van der Waals surface area contributed by atoms with Crippen LogP contribution in [0.15, 0.2) is 157 Å². The minimum atomic E-state index is 0.624. The predicted octanol–water partition coefficient (Wildman–Crippen LogP) is -1.92. The van der Waals surface area contributed by atoms with E-state index < -0.39 is 0 Å². The number of benzene rings is 8. The highest BCUT2D eigenvalue weighted by atomic mass is 16.3. The summed E-state index contributed by atoms with van der Waals surface area (Å²) in [5.74, 6) is 3.06. The Kier molecular flexibility index (Phi) is 11.2. The number of fused-ring (bicyclic) bond motifs is 9. The SMILES string of the molecule is B/C(CN(c1c(B)c(B)c(-c2cccc3oc4ccccc4c23)c(B)c1B)c1c(B)c(B)c(-c2cccc3oc4ccccc4c23)c(B)c1B)=C(B)/C(=C(/B)C#C)c1cccc2oc3ccccc3c12. The number of rotatable bonds is 8. The van der Waals surface area contributed by atoms with Gasteiger partial charge in [-0.15, -0.1) is 6.42 Å². The van der Waals surface area contributed by atoms with Gasteiger partial charge in [0.25, 0.3) is 0 Å². The van der Waals surface area contributed by atoms with Crippen LogP contribution in [-0.2, 0) is 0 Å². The zero-order valence-electron chi connectivity index (χ0n) is 42.1. The average Bonchev–Trinajstić information content (AvgIpc) is 4.07. The molecule has 11 rings (SSSR count). The third-order valence-electron chi connectivity index (χ3n) is 15.7. The van der Waals surface area contributed by atoms with Crippen LogP contribution < -0.4 is 48.6 Å². The number of terminal acetylenes is 1. The fourth-order valence-electron chi connectivity index (χ4n) is 11.7. The first kappa shape index (κ1) is 45.2. The second-order valence-corrected chi connectivity index (χ2v) is 19.4. The third kappa shape index (κ3) is 6.85. The molecule has 0 spiro atoms. The largest absolute Gasteiger partial charge is 0.456 e. The van der Waals surface area contributed by atoms with E-state index >= 15 is 0 Å². The normalized spacial score (nSPS) is 12.6. The van der Waals surface area contributed by atoms with E-state index in [-0.39, 0.29) is 0 Å². The van der Waals surface area contributed by atoms with E-state index in [1.54, 1.807) is 0 Å². The molecule has 0 fully saturated rings. The van der Waals surface area contributed by atoms with Crippen LogP contribution in [0.1, 0.15) is 5.56 Å². The van der Waals surface area contributed by atoms with Crippen LogP contribution >= 0.6 is 0 Å². The van der Waals surface area contributed by atoms with E-state index in [2.05, 4.69) is 200 Å². The van der Waals surface area contributed by atoms with Gasteiger partial charge in [0.1, 0.15) is 112 Å². The summed E-state index contributed by atoms with van der Waals surface area (Å²) >= 11 is 0. The van der Waals surface area contributed by atoms with Gasteiger partial charge in [-0.1, -0.05) is 152 Å². The Bertz CT molecular complexity index is 3920. The van der Waals surface area contributed by atoms with Gasteiger partial charge in [0.15, 0.2) is 7.85 Å². The summed E-state index contributed by atoms with van der Waals surface area (Å²) in [6.45, 7) is 0.624. The van der Waals surface area contributed by atoms with Gasteiger partial charge in [0.2, 0.25) is 0 Å². The molecule has 8 aromatic carbocycles. The van der Waals surface area contributed by atoms with E-state index in [9.17, 15) is 0 Å². The molecule has 0 N–H and O–H groups in total. The molecule has 0 atom stereocenters. The van der Waals surface area contributed by atoms with Gasteiger partial charge in [0, 0.05) is 50.2 Å². The first-order valence-electron chi connectivity index (χ1n) is 24.3. The molecule has 0 aliphatic rings. The molecule has 3 heterocycles. The summed E-state index contributed by atoms with van der Waals surface area (Å²) in [5.41, 5.74) is 28.0. The first-order chi connectivity index (χ1) is 33.8. The molecule has 322 valence electrons. The maximum absolute atomic E-state index is 6.45. The molecule has 11 aromatic rings. The lowest BCUT2D eigenvalue weighted by atomic mass is 9.62. The maximum atomic E-state index is 6.45. The fraction of sp³-hybridized carbons (Fsp3) is 0.0182. The number of nitrogens with zero attached hydrogens (tertiary/aromatic N) is 1. The van der Waals surface area contributed by atoms with Crippen LogP contribution in [0.3, 0.4) is 0 Å². The third-order valence-corrected chi connectivity index (χ3v) is 15.7. The van der Waals surface area contributed by atoms with Crippen molar-refractivity contribution in [3.8, 4) is 34.6 Å². The number of hydrogen-bond donors (Lipinski definition) is 0. The number of allylic oxidation sites excluding steroid dienone is 3. The monoisotopic (exact) mass is 889 g/mol. The molecule has 15 heteroatoms. The molecule has 0 bridgehead atoms. The summed E-state index contributed by atoms with van der Waals surface area (Å²) in [7, 11) is 25.1. The van der Waals surface area contributed by atoms with Gasteiger partial charge in [0.05, 0.1) is 0 Å². The standard InChI is InChI=1S/C55H46B11NO3/c1-2-31(56)42(28-15-9-21-36-39(28)25-12-3-6-18-33(25)68-36)45(58)32(57)24-67(54-50(63)46(59)43(47(60)51(54)64)29-16-10-22-37-40(29)26-13-4-7-19-34(26)69-37)55-52(65)48(61)44(49(62)53(55)66)30-17-11-23-38-41(30)27-14-5-8-20-35(27)70-38/h1,3-23H,24,56-66H2/b42-31+,45-32-. The van der Waals surface area contributed by atoms with Gasteiger partial charge in [-0.3, -0.25) is 0 Å². The average molecular weight is 888 g/mol. The minimum Gasteiger partial charge on any atom is -0.456 e. The number of furan rings is 3. The second kappa shape index (κ2) is 17.3. The molecular formula is C55H46B11NO3. The minimum absolute atomic E-state index is 0.624. The van der Waals surface area contributed by atoms with Crippen LogP contribution in [0, 0.1) is 12.3 Å². The lowest BCUT2D eigenvalue weighted by Crippen LogP contribution is -2.52. The van der Waals surface area contributed by atoms with Crippen LogP contribution in [0.4, 0.5) is 11.4 Å². The van der Waals surface area contributed by atoms with Gasteiger partial charge in [-0.2, -0.15) is 0 Å². The topological polar surface area (TPSA) is 42.7 Å². The molecule has 0 amide bonds. The zero-order valence-corrected chi connectivity index (χ0v) is 42.1. The first-order valence-corrected chi connectivity index (χ1v) is 24.3. The molecule has 4 nitrogen and oxygen atoms in total. The Morgan fingerprint density at radius 2 is 0.786 bits per heavy atom. The van der Waals surface area contributed by atoms with Crippen molar-refractivity contribution < 1.29 is 13.3 Å². The second-order valence-electron chi connectivity index (χ2n) is 19.4. The van der Waals surface area contributed by atoms with Gasteiger partial charge in [-0.25, -0.2) is 0 Å². The summed E-state index contributed by atoms with van der Waals surface area (Å²) in [6, 6.07) is 44.4. The Balaban J connectivity index is 1.16. The van der Waals surface area contributed by atoms with Crippen LogP contribution in [0.5, 0.6) is 0 Å². The smallest absolute Gasteiger partial charge is 0.151 e. The van der Waals surface area contributed by atoms with Crippen molar-refractivity contribution in [2.24, 2.45) is 0 Å². The van der Waals surface area contributed by atoms with Crippen molar-refractivity contribution in [3.63, 3.8) is 0 Å². The molecule has 70 heavy (non-hydrogen) atoms. The van der Waals surface area contributed by atoms with Crippen molar-refractivity contribution in [3.05, 3.63) is 149 Å². The van der Waals surface area contributed by atoms with Gasteiger partial charge < -0.3 is 18.2 Å². The molecule has 0 saturated heterocycles. The number of para-hydroxylation sites is 3. The van der Waals surface area contributed by atoms with Crippen LogP contribution in [-0.4, -0.2) is 92.9 Å². The fourth-order valence-corrected chi connectivity index (χ4v) is 11.7. The molecule has 0 saturated carbocycles. The lowest BCUT2D eigenvalue weighted by molar-refractivity contribution is 0.668. The number of anilines is 2. The van der Waals surface area contributed by atoms with E-state index in [0.717, 1.165) is 87.9 Å². The van der Waals surface area contributed by atoms with E-state index in [1.165, 1.54) is 82.8 Å². The molecule has 0 radical (unpaired) electrons. The van der Waals surface area contributed by atoms with E-state index in [0.29, 0.717) is 6.54 Å². The Labute approximate surface area is 419 Å². The Morgan fingerprint density at radius 3 is 1.20 bits per heavy atom. The molecule has 0 unspecified atom stereocenters. The summed E-state index contributed by atoms with van der Waals surface area (Å²) in [5, 5.41) is 6.72. The lowest BCUT2D eigenvalue weighted by Gasteiger charge is -2.37. The van der Waals surface area contributed by atoms with Crippen LogP contribution in [0.25, 0.3) is 93.6 Å². The molecule has 3 aromatic heterocycles. The maximum Gasteiger partial charge on any atom is 0.151 e. The van der Waals surface area contributed by atoms with Gasteiger partial charge in [-0.05, 0) is 75.3 Å². The van der Waals surface area contributed by atoms with Gasteiger partial charge >= 0.3 is 0 Å². The summed E-state index contributed by atoms with van der Waals surface area (Å²) in [6.07, 6.45) is 6.37. The number of hydrogen-bond acceptors (Lipinski definition) is 4. The predicted molar refractivity (Wildman–Crippen MR) is 333 cm³/mol. The van der Waals surface area contributed by atoms with Crippen molar-refractivity contribution >= 4 is 213 Å². The van der Waals surface area contributed by atoms with Crippen molar-refractivity contribution in [1.29, 1.82) is 0 Å². The van der Waals surface area contributed by atoms with E-state index in [4.69, 9.17) is 19.7 Å². The highest BCUT2D eigenvalue weighted by molar-refractivity contribution is 6.65. The highest BCUT2D eigenvalue weighted by Crippen LogP contribution is 2.40. The summed E-state index contributed by atoms with van der Waals surface area (Å²) in [4.78, 5) is 2.63. The Morgan fingerprint density at radius 1 is 0.429 bits per heavy atom. The molecule has 0 aliphatic heterocycles. The van der Waals surface area contributed by atoms with Crippen molar-refractivity contribution in [2.75, 3.05) is 11.4 Å². The zero-order chi connectivity index (χ0) is 48.9. The van der Waals surface area contributed by atoms with E-state index in [1.807, 2.05) is 24.3 Å². The Hall–Kier alpha value is -7.29. The van der Waals surface area contributed by atoms with Crippen molar-refractivity contribution in [2.45, 2.75) is 0 Å². The molecular weight excluding hydrogens is 842 g/mol. The molecule has 0 aliphatic carbocycles. The summed E-state index contributed by atoms with van der Waals surface area (Å²) < 4.78 is 19.3.